The summed E-state index contributed by atoms with van der Waals surface area (Å²) in [5.74, 6) is -1.04. The summed E-state index contributed by atoms with van der Waals surface area (Å²) in [6.07, 6.45) is 0. The van der Waals surface area contributed by atoms with E-state index in [1.165, 1.54) is 24.3 Å². The van der Waals surface area contributed by atoms with Crippen LogP contribution in [0.15, 0.2) is 34.9 Å². The molecule has 1 N–H and O–H groups in total. The van der Waals surface area contributed by atoms with Crippen LogP contribution in [0.5, 0.6) is 0 Å². The molecule has 0 aliphatic rings. The van der Waals surface area contributed by atoms with Gasteiger partial charge in [0, 0.05) is 23.8 Å². The van der Waals surface area contributed by atoms with Gasteiger partial charge in [-0.25, -0.2) is 4.79 Å². The van der Waals surface area contributed by atoms with Crippen molar-refractivity contribution in [3.05, 3.63) is 46.1 Å². The van der Waals surface area contributed by atoms with Crippen molar-refractivity contribution in [2.24, 2.45) is 0 Å². The Labute approximate surface area is 94.4 Å². The molecule has 0 unspecified atom stereocenters. The van der Waals surface area contributed by atoms with Crippen LogP contribution >= 0.6 is 0 Å². The van der Waals surface area contributed by atoms with Gasteiger partial charge in [0.25, 0.3) is 5.69 Å². The van der Waals surface area contributed by atoms with Crippen molar-refractivity contribution in [3.63, 3.8) is 0 Å². The van der Waals surface area contributed by atoms with Gasteiger partial charge in [-0.15, -0.1) is 0 Å². The highest BCUT2D eigenvalue weighted by molar-refractivity contribution is 5.86. The molecule has 0 radical (unpaired) electrons. The lowest BCUT2D eigenvalue weighted by atomic mass is 10.1. The Morgan fingerprint density at radius 2 is 2.18 bits per heavy atom. The Kier molecular flexibility index (Phi) is 2.57. The van der Waals surface area contributed by atoms with Crippen molar-refractivity contribution < 1.29 is 19.3 Å². The number of nitro groups is 1. The van der Waals surface area contributed by atoms with E-state index in [-0.39, 0.29) is 17.1 Å². The number of carboxylic acids is 1. The lowest BCUT2D eigenvalue weighted by Gasteiger charge is -1.94. The molecule has 0 spiro atoms. The molecule has 0 bridgehead atoms. The van der Waals surface area contributed by atoms with Gasteiger partial charge < -0.3 is 9.63 Å². The Bertz CT molecular complexity index is 590. The number of hydrogen-bond acceptors (Lipinski definition) is 5. The molecule has 1 aromatic carbocycles. The van der Waals surface area contributed by atoms with Crippen LogP contribution in [0.25, 0.3) is 11.3 Å². The first kappa shape index (κ1) is 10.8. The van der Waals surface area contributed by atoms with Gasteiger partial charge in [-0.05, 0) is 0 Å². The smallest absolute Gasteiger partial charge is 0.358 e. The molecule has 1 aromatic heterocycles. The normalized spacial score (nSPS) is 10.1. The van der Waals surface area contributed by atoms with Gasteiger partial charge in [-0.2, -0.15) is 0 Å². The fourth-order valence-corrected chi connectivity index (χ4v) is 1.28. The zero-order valence-corrected chi connectivity index (χ0v) is 8.36. The Balaban J connectivity index is 2.42. The molecule has 2 aromatic rings. The van der Waals surface area contributed by atoms with E-state index in [1.807, 2.05) is 0 Å². The summed E-state index contributed by atoms with van der Waals surface area (Å²) in [5.41, 5.74) is 0.0569. The monoisotopic (exact) mass is 234 g/mol. The van der Waals surface area contributed by atoms with Gasteiger partial charge in [-0.3, -0.25) is 10.1 Å². The molecule has 0 aliphatic heterocycles. The molecule has 0 aliphatic carbocycles. The summed E-state index contributed by atoms with van der Waals surface area (Å²) in [6, 6.07) is 6.88. The Hall–Kier alpha value is -2.70. The van der Waals surface area contributed by atoms with Crippen LogP contribution in [-0.4, -0.2) is 21.2 Å². The first-order valence-electron chi connectivity index (χ1n) is 4.53. The second kappa shape index (κ2) is 4.05. The van der Waals surface area contributed by atoms with Crippen LogP contribution < -0.4 is 0 Å². The topological polar surface area (TPSA) is 106 Å². The zero-order valence-electron chi connectivity index (χ0n) is 8.36. The molecule has 0 saturated heterocycles. The maximum atomic E-state index is 10.6. The average molecular weight is 234 g/mol. The summed E-state index contributed by atoms with van der Waals surface area (Å²) in [7, 11) is 0. The van der Waals surface area contributed by atoms with Crippen molar-refractivity contribution in [3.8, 4) is 11.3 Å². The summed E-state index contributed by atoms with van der Waals surface area (Å²) in [6.45, 7) is 0. The van der Waals surface area contributed by atoms with Crippen molar-refractivity contribution in [2.45, 2.75) is 0 Å². The number of carboxylic acid groups (broad SMARTS) is 1. The maximum absolute atomic E-state index is 10.6. The summed E-state index contributed by atoms with van der Waals surface area (Å²) < 4.78 is 4.79. The van der Waals surface area contributed by atoms with Crippen LogP contribution in [0.1, 0.15) is 10.5 Å². The van der Waals surface area contributed by atoms with E-state index in [0.29, 0.717) is 5.56 Å². The predicted octanol–water partition coefficient (Wildman–Crippen LogP) is 1.95. The molecule has 1 heterocycles. The zero-order chi connectivity index (χ0) is 12.4. The van der Waals surface area contributed by atoms with E-state index < -0.39 is 10.9 Å². The van der Waals surface area contributed by atoms with E-state index in [4.69, 9.17) is 9.63 Å². The van der Waals surface area contributed by atoms with Crippen LogP contribution in [0.2, 0.25) is 0 Å². The lowest BCUT2D eigenvalue weighted by Crippen LogP contribution is -1.94. The molecule has 0 fully saturated rings. The second-order valence-electron chi connectivity index (χ2n) is 3.19. The van der Waals surface area contributed by atoms with Gasteiger partial charge in [0.15, 0.2) is 11.5 Å². The highest BCUT2D eigenvalue weighted by Gasteiger charge is 2.14. The van der Waals surface area contributed by atoms with Crippen LogP contribution in [-0.2, 0) is 0 Å². The minimum atomic E-state index is -1.22. The maximum Gasteiger partial charge on any atom is 0.358 e. The number of aromatic carboxylic acids is 1. The van der Waals surface area contributed by atoms with E-state index in [0.717, 1.165) is 0 Å². The largest absolute Gasteiger partial charge is 0.476 e. The fourth-order valence-electron chi connectivity index (χ4n) is 1.28. The molecule has 86 valence electrons. The van der Waals surface area contributed by atoms with Crippen LogP contribution in [0.4, 0.5) is 5.69 Å². The summed E-state index contributed by atoms with van der Waals surface area (Å²) in [5, 5.41) is 22.5. The SMILES string of the molecule is O=C(O)c1cc(-c2cccc([N+](=O)[O-])c2)on1. The number of benzene rings is 1. The number of aromatic nitrogens is 1. The van der Waals surface area contributed by atoms with Gasteiger partial charge in [0.1, 0.15) is 0 Å². The van der Waals surface area contributed by atoms with Crippen molar-refractivity contribution >= 4 is 11.7 Å². The molecule has 7 nitrogen and oxygen atoms in total. The number of nitro benzene ring substituents is 1. The van der Waals surface area contributed by atoms with Gasteiger partial charge in [0.05, 0.1) is 4.92 Å². The van der Waals surface area contributed by atoms with Gasteiger partial charge >= 0.3 is 5.97 Å². The van der Waals surface area contributed by atoms with Crippen LogP contribution in [0, 0.1) is 10.1 Å². The number of nitrogens with zero attached hydrogens (tertiary/aromatic N) is 2. The molecule has 0 saturated carbocycles. The molecular formula is C10H6N2O5. The third kappa shape index (κ3) is 2.12. The molecule has 0 amide bonds. The standard InChI is InChI=1S/C10H6N2O5/c13-10(14)8-5-9(17-11-8)6-2-1-3-7(4-6)12(15)16/h1-5H,(H,13,14). The molecule has 2 rings (SSSR count). The van der Waals surface area contributed by atoms with E-state index in [1.54, 1.807) is 6.07 Å². The molecule has 17 heavy (non-hydrogen) atoms. The first-order valence-corrected chi connectivity index (χ1v) is 4.53. The minimum absolute atomic E-state index is 0.101. The van der Waals surface area contributed by atoms with E-state index in [2.05, 4.69) is 5.16 Å². The fraction of sp³-hybridized carbons (Fsp3) is 0. The second-order valence-corrected chi connectivity index (χ2v) is 3.19. The molecular weight excluding hydrogens is 228 g/mol. The average Bonchev–Trinajstić information content (AvgIpc) is 2.78. The Morgan fingerprint density at radius 1 is 1.41 bits per heavy atom. The number of non-ortho nitro benzene ring substituents is 1. The highest BCUT2D eigenvalue weighted by atomic mass is 16.6. The lowest BCUT2D eigenvalue weighted by molar-refractivity contribution is -0.384. The summed E-state index contributed by atoms with van der Waals surface area (Å²) in [4.78, 5) is 20.6. The van der Waals surface area contributed by atoms with Crippen LogP contribution in [0.3, 0.4) is 0 Å². The highest BCUT2D eigenvalue weighted by Crippen LogP contribution is 2.24. The molecule has 7 heteroatoms. The van der Waals surface area contributed by atoms with Crippen molar-refractivity contribution in [1.29, 1.82) is 0 Å². The molecule has 0 atom stereocenters. The number of rotatable bonds is 3. The third-order valence-corrected chi connectivity index (χ3v) is 2.07. The first-order chi connectivity index (χ1) is 8.08. The Morgan fingerprint density at radius 3 is 2.76 bits per heavy atom. The van der Waals surface area contributed by atoms with Crippen molar-refractivity contribution in [1.82, 2.24) is 5.16 Å². The third-order valence-electron chi connectivity index (χ3n) is 2.07. The van der Waals surface area contributed by atoms with Crippen molar-refractivity contribution in [2.75, 3.05) is 0 Å². The van der Waals surface area contributed by atoms with E-state index >= 15 is 0 Å². The van der Waals surface area contributed by atoms with Gasteiger partial charge in [-0.1, -0.05) is 17.3 Å². The number of hydrogen-bond donors (Lipinski definition) is 1. The summed E-state index contributed by atoms with van der Waals surface area (Å²) >= 11 is 0. The predicted molar refractivity (Wildman–Crippen MR) is 55.6 cm³/mol. The number of carbonyl (C=O) groups is 1. The minimum Gasteiger partial charge on any atom is -0.476 e. The van der Waals surface area contributed by atoms with Gasteiger partial charge in [0.2, 0.25) is 0 Å². The van der Waals surface area contributed by atoms with E-state index in [9.17, 15) is 14.9 Å². The quantitative estimate of drug-likeness (QED) is 0.642.